The zero-order chi connectivity index (χ0) is 46.2. The minimum Gasteiger partial charge on any atom is -0.307 e. The van der Waals surface area contributed by atoms with Gasteiger partial charge in [0.25, 0.3) is 0 Å². The second-order valence-corrected chi connectivity index (χ2v) is 22.2. The Morgan fingerprint density at radius 3 is 1.14 bits per heavy atom. The summed E-state index contributed by atoms with van der Waals surface area (Å²) in [5, 5.41) is 12.7. The molecule has 328 valence electrons. The van der Waals surface area contributed by atoms with Crippen molar-refractivity contribution >= 4 is 94.2 Å². The maximum atomic E-state index is 2.58. The van der Waals surface area contributed by atoms with E-state index in [1.165, 1.54) is 80.7 Å². The first kappa shape index (κ1) is 40.1. The van der Waals surface area contributed by atoms with Gasteiger partial charge in [-0.25, -0.2) is 0 Å². The zero-order valence-electron chi connectivity index (χ0n) is 38.3. The van der Waals surface area contributed by atoms with Gasteiger partial charge in [-0.05, 0) is 80.4 Å². The Bertz CT molecular complexity index is 4110. The largest absolute Gasteiger partial charge is 0.307 e. The van der Waals surface area contributed by atoms with Crippen LogP contribution in [-0.2, 0) is 0 Å². The van der Waals surface area contributed by atoms with E-state index in [9.17, 15) is 0 Å². The van der Waals surface area contributed by atoms with E-state index >= 15 is 0 Å². The molecular weight excluding hydrogens is 863 g/mol. The Morgan fingerprint density at radius 1 is 0.229 bits per heavy atom. The van der Waals surface area contributed by atoms with Crippen LogP contribution in [0.1, 0.15) is 0 Å². The predicted octanol–water partition coefficient (Wildman–Crippen LogP) is 14.0. The number of para-hydroxylation sites is 5. The molecule has 0 bridgehead atoms. The highest BCUT2D eigenvalue weighted by atomic mass is 28.3. The average molecular weight is 908 g/mol. The first-order valence-electron chi connectivity index (χ1n) is 24.2. The Balaban J connectivity index is 1.17. The summed E-state index contributed by atoms with van der Waals surface area (Å²) in [4.78, 5) is 0. The second-order valence-electron chi connectivity index (χ2n) is 18.4. The van der Waals surface area contributed by atoms with Crippen molar-refractivity contribution in [3.63, 3.8) is 0 Å². The summed E-state index contributed by atoms with van der Waals surface area (Å²) in [6, 6.07) is 102. The topological polar surface area (TPSA) is 14.8 Å². The van der Waals surface area contributed by atoms with Crippen molar-refractivity contribution in [2.24, 2.45) is 0 Å². The summed E-state index contributed by atoms with van der Waals surface area (Å²) in [5.74, 6) is 0. The third kappa shape index (κ3) is 5.94. The summed E-state index contributed by atoms with van der Waals surface area (Å²) in [7, 11) is -3.03. The second kappa shape index (κ2) is 16.1. The number of rotatable bonds is 8. The summed E-state index contributed by atoms with van der Waals surface area (Å²) >= 11 is 0. The van der Waals surface area contributed by atoms with Gasteiger partial charge in [-0.15, -0.1) is 0 Å². The lowest BCUT2D eigenvalue weighted by Crippen LogP contribution is -2.74. The van der Waals surface area contributed by atoms with Gasteiger partial charge in [0, 0.05) is 38.0 Å². The van der Waals surface area contributed by atoms with Gasteiger partial charge in [0.1, 0.15) is 0 Å². The maximum absolute atomic E-state index is 3.03. The van der Waals surface area contributed by atoms with Crippen molar-refractivity contribution in [2.45, 2.75) is 0 Å². The molecule has 3 nitrogen and oxygen atoms in total. The van der Waals surface area contributed by atoms with E-state index in [2.05, 4.69) is 287 Å². The van der Waals surface area contributed by atoms with Crippen LogP contribution in [0.3, 0.4) is 0 Å². The highest BCUT2D eigenvalue weighted by Crippen LogP contribution is 2.43. The lowest BCUT2D eigenvalue weighted by Gasteiger charge is -2.35. The van der Waals surface area contributed by atoms with E-state index in [0.29, 0.717) is 0 Å². The van der Waals surface area contributed by atoms with Gasteiger partial charge >= 0.3 is 0 Å². The van der Waals surface area contributed by atoms with Crippen LogP contribution in [0.4, 0.5) is 0 Å². The SMILES string of the molecule is c1ccc(-c2ccc(-n3c4ccccc4c4cccc(-n5c6ccccc6c6cc([Si](c7ccccc7)(c7ccccc7)c7ccccc7)cc(-n7c8ccccc8c8ccccc87)c65)c43)cc2)cc1. The van der Waals surface area contributed by atoms with Crippen molar-refractivity contribution in [3.8, 4) is 28.2 Å². The number of nitrogens with zero attached hydrogens (tertiary/aromatic N) is 3. The highest BCUT2D eigenvalue weighted by molar-refractivity contribution is 7.20. The smallest absolute Gasteiger partial charge is 0.179 e. The van der Waals surface area contributed by atoms with Gasteiger partial charge in [0.05, 0.1) is 44.5 Å². The van der Waals surface area contributed by atoms with E-state index in [0.717, 1.165) is 33.6 Å². The molecule has 4 heteroatoms. The molecule has 14 rings (SSSR count). The molecule has 3 heterocycles. The molecule has 0 atom stereocenters. The minimum absolute atomic E-state index is 1.12. The molecule has 0 aliphatic carbocycles. The lowest BCUT2D eigenvalue weighted by atomic mass is 10.1. The first-order chi connectivity index (χ1) is 34.8. The van der Waals surface area contributed by atoms with Crippen molar-refractivity contribution in [1.82, 2.24) is 13.7 Å². The van der Waals surface area contributed by atoms with Crippen LogP contribution >= 0.6 is 0 Å². The molecular formula is C66H45N3Si. The van der Waals surface area contributed by atoms with E-state index in [1.54, 1.807) is 0 Å². The van der Waals surface area contributed by atoms with E-state index in [1.807, 2.05) is 0 Å². The van der Waals surface area contributed by atoms with Crippen molar-refractivity contribution in [3.05, 3.63) is 273 Å². The number of aromatic nitrogens is 3. The minimum atomic E-state index is -3.03. The monoisotopic (exact) mass is 907 g/mol. The fourth-order valence-corrected chi connectivity index (χ4v) is 16.6. The van der Waals surface area contributed by atoms with Gasteiger partial charge in [0.2, 0.25) is 0 Å². The zero-order valence-corrected chi connectivity index (χ0v) is 39.3. The van der Waals surface area contributed by atoms with E-state index < -0.39 is 8.07 Å². The maximum Gasteiger partial charge on any atom is 0.179 e. The van der Waals surface area contributed by atoms with Crippen LogP contribution < -0.4 is 20.7 Å². The molecule has 0 amide bonds. The van der Waals surface area contributed by atoms with Crippen LogP contribution in [0.5, 0.6) is 0 Å². The summed E-state index contributed by atoms with van der Waals surface area (Å²) < 4.78 is 7.63. The van der Waals surface area contributed by atoms with Crippen molar-refractivity contribution in [2.75, 3.05) is 0 Å². The van der Waals surface area contributed by atoms with Crippen LogP contribution in [0, 0.1) is 0 Å². The van der Waals surface area contributed by atoms with Gasteiger partial charge in [-0.3, -0.25) is 0 Å². The van der Waals surface area contributed by atoms with Gasteiger partial charge in [0.15, 0.2) is 8.07 Å². The van der Waals surface area contributed by atoms with Crippen LogP contribution in [-0.4, -0.2) is 21.8 Å². The van der Waals surface area contributed by atoms with Gasteiger partial charge in [-0.2, -0.15) is 0 Å². The molecule has 0 radical (unpaired) electrons. The Labute approximate surface area is 407 Å². The Hall–Kier alpha value is -8.96. The van der Waals surface area contributed by atoms with E-state index in [-0.39, 0.29) is 0 Å². The molecule has 14 aromatic rings. The third-order valence-corrected chi connectivity index (χ3v) is 19.5. The molecule has 0 fully saturated rings. The van der Waals surface area contributed by atoms with Crippen molar-refractivity contribution < 1.29 is 0 Å². The van der Waals surface area contributed by atoms with Gasteiger partial charge in [-0.1, -0.05) is 224 Å². The summed E-state index contributed by atoms with van der Waals surface area (Å²) in [6.07, 6.45) is 0. The third-order valence-electron chi connectivity index (χ3n) is 14.8. The molecule has 0 saturated carbocycles. The molecule has 0 aliphatic rings. The standard InChI is InChI=1S/C66H45N3Si/c1-5-22-46(23-6-1)47-40-42-48(43-41-47)67-59-35-17-15-32-55(59)57-34-21-39-63(65(57)67)69-62-38-20-16-33-56(62)58-44-52(45-64(66(58)69)68-60-36-18-13-30-53(60)54-31-14-19-37-61(54)68)70(49-24-7-2-8-25-49,50-26-9-3-10-27-50)51-28-11-4-12-29-51/h1-45H. The predicted molar refractivity (Wildman–Crippen MR) is 299 cm³/mol. The molecule has 70 heavy (non-hydrogen) atoms. The number of hydrogen-bond acceptors (Lipinski definition) is 0. The van der Waals surface area contributed by atoms with Crippen molar-refractivity contribution in [1.29, 1.82) is 0 Å². The molecule has 0 spiro atoms. The summed E-state index contributed by atoms with van der Waals surface area (Å²) in [6.45, 7) is 0. The summed E-state index contributed by atoms with van der Waals surface area (Å²) in [5.41, 5.74) is 12.8. The first-order valence-corrected chi connectivity index (χ1v) is 26.2. The molecule has 0 saturated heterocycles. The average Bonchev–Trinajstić information content (AvgIpc) is 4.09. The van der Waals surface area contributed by atoms with Crippen LogP contribution in [0.2, 0.25) is 0 Å². The van der Waals surface area contributed by atoms with Crippen LogP contribution in [0.15, 0.2) is 273 Å². The lowest BCUT2D eigenvalue weighted by molar-refractivity contribution is 1.11. The highest BCUT2D eigenvalue weighted by Gasteiger charge is 2.42. The van der Waals surface area contributed by atoms with Crippen LogP contribution in [0.25, 0.3) is 93.6 Å². The molecule has 3 aromatic heterocycles. The van der Waals surface area contributed by atoms with E-state index in [4.69, 9.17) is 0 Å². The molecule has 0 N–H and O–H groups in total. The number of benzene rings is 11. The number of fused-ring (bicyclic) bond motifs is 9. The number of hydrogen-bond donors (Lipinski definition) is 0. The molecule has 11 aromatic carbocycles. The Morgan fingerprint density at radius 2 is 0.614 bits per heavy atom. The normalized spacial score (nSPS) is 12.0. The molecule has 0 unspecified atom stereocenters. The fourth-order valence-electron chi connectivity index (χ4n) is 11.8. The Kier molecular flexibility index (Phi) is 9.23. The quantitative estimate of drug-likeness (QED) is 0.107. The fraction of sp³-hybridized carbons (Fsp3) is 0. The molecule has 0 aliphatic heterocycles. The van der Waals surface area contributed by atoms with Gasteiger partial charge < -0.3 is 13.7 Å².